The molecule has 1 amide bonds. The summed E-state index contributed by atoms with van der Waals surface area (Å²) in [6.45, 7) is 9.44. The van der Waals surface area contributed by atoms with Gasteiger partial charge in [-0.2, -0.15) is 0 Å². The summed E-state index contributed by atoms with van der Waals surface area (Å²) >= 11 is 0. The molecule has 116 valence electrons. The number of amides is 1. The Hall–Kier alpha value is -1.36. The molecule has 1 aromatic rings. The van der Waals surface area contributed by atoms with Crippen molar-refractivity contribution in [1.82, 2.24) is 19.8 Å². The van der Waals surface area contributed by atoms with E-state index in [4.69, 9.17) is 0 Å². The summed E-state index contributed by atoms with van der Waals surface area (Å²) in [4.78, 5) is 19.0. The number of rotatable bonds is 4. The fourth-order valence-electron chi connectivity index (χ4n) is 3.48. The van der Waals surface area contributed by atoms with Gasteiger partial charge in [-0.1, -0.05) is 13.8 Å². The van der Waals surface area contributed by atoms with Crippen LogP contribution in [0.4, 0.5) is 0 Å². The largest absolute Gasteiger partial charge is 0.355 e. The lowest BCUT2D eigenvalue weighted by Crippen LogP contribution is -2.40. The van der Waals surface area contributed by atoms with E-state index in [9.17, 15) is 4.79 Å². The third kappa shape index (κ3) is 3.46. The lowest BCUT2D eigenvalue weighted by molar-refractivity contribution is -0.126. The van der Waals surface area contributed by atoms with Crippen LogP contribution in [0.15, 0.2) is 12.4 Å². The number of nitrogens with zero attached hydrogens (tertiary/aromatic N) is 3. The number of nitrogens with one attached hydrogen (secondary N) is 1. The highest BCUT2D eigenvalue weighted by molar-refractivity contribution is 5.78. The van der Waals surface area contributed by atoms with Crippen LogP contribution in [0.5, 0.6) is 0 Å². The molecular weight excluding hydrogens is 264 g/mol. The van der Waals surface area contributed by atoms with Gasteiger partial charge < -0.3 is 14.8 Å². The summed E-state index contributed by atoms with van der Waals surface area (Å²) in [6, 6.07) is 0. The van der Waals surface area contributed by atoms with Gasteiger partial charge in [-0.3, -0.25) is 4.79 Å². The molecular formula is C16H26N4O. The van der Waals surface area contributed by atoms with Crippen molar-refractivity contribution >= 4 is 5.91 Å². The summed E-state index contributed by atoms with van der Waals surface area (Å²) in [7, 11) is 0. The van der Waals surface area contributed by atoms with E-state index in [-0.39, 0.29) is 11.8 Å². The number of aryl methyl sites for hydroxylation is 1. The van der Waals surface area contributed by atoms with Gasteiger partial charge in [-0.15, -0.1) is 0 Å². The van der Waals surface area contributed by atoms with Crippen molar-refractivity contribution in [2.24, 2.45) is 11.3 Å². The average molecular weight is 290 g/mol. The molecule has 0 bridgehead atoms. The van der Waals surface area contributed by atoms with E-state index in [1.54, 1.807) is 0 Å². The van der Waals surface area contributed by atoms with Crippen LogP contribution >= 0.6 is 0 Å². The predicted molar refractivity (Wildman–Crippen MR) is 81.9 cm³/mol. The Morgan fingerprint density at radius 2 is 2.38 bits per heavy atom. The smallest absolute Gasteiger partial charge is 0.224 e. The van der Waals surface area contributed by atoms with Crippen molar-refractivity contribution in [2.75, 3.05) is 26.2 Å². The van der Waals surface area contributed by atoms with Crippen molar-refractivity contribution in [1.29, 1.82) is 0 Å². The molecule has 1 N–H and O–H groups in total. The number of likely N-dealkylation sites (tertiary alicyclic amines) is 1. The maximum atomic E-state index is 12.3. The molecule has 1 atom stereocenters. The van der Waals surface area contributed by atoms with Gasteiger partial charge in [0, 0.05) is 45.0 Å². The normalized spacial score (nSPS) is 24.8. The molecule has 3 rings (SSSR count). The number of aromatic nitrogens is 2. The van der Waals surface area contributed by atoms with Gasteiger partial charge in [-0.05, 0) is 24.8 Å². The Morgan fingerprint density at radius 1 is 1.52 bits per heavy atom. The summed E-state index contributed by atoms with van der Waals surface area (Å²) in [5.74, 6) is 1.41. The minimum Gasteiger partial charge on any atom is -0.355 e. The zero-order chi connectivity index (χ0) is 14.9. The van der Waals surface area contributed by atoms with E-state index in [0.29, 0.717) is 5.41 Å². The number of carbonyl (C=O) groups is 1. The average Bonchev–Trinajstić information content (AvgIpc) is 3.04. The van der Waals surface area contributed by atoms with Crippen LogP contribution in [0, 0.1) is 11.3 Å². The second kappa shape index (κ2) is 5.79. The summed E-state index contributed by atoms with van der Waals surface area (Å²) in [6.07, 6.45) is 6.88. The quantitative estimate of drug-likeness (QED) is 0.909. The van der Waals surface area contributed by atoms with Gasteiger partial charge in [0.1, 0.15) is 5.82 Å². The summed E-state index contributed by atoms with van der Waals surface area (Å²) in [5.41, 5.74) is 0.436. The van der Waals surface area contributed by atoms with Crippen LogP contribution in [-0.4, -0.2) is 46.5 Å². The molecule has 5 nitrogen and oxygen atoms in total. The number of hydrogen-bond donors (Lipinski definition) is 1. The number of hydrogen-bond acceptors (Lipinski definition) is 3. The van der Waals surface area contributed by atoms with Gasteiger partial charge in [0.15, 0.2) is 0 Å². The van der Waals surface area contributed by atoms with Gasteiger partial charge in [0.05, 0.1) is 5.92 Å². The highest BCUT2D eigenvalue weighted by Crippen LogP contribution is 2.28. The summed E-state index contributed by atoms with van der Waals surface area (Å²) < 4.78 is 2.11. The van der Waals surface area contributed by atoms with Gasteiger partial charge in [-0.25, -0.2) is 4.98 Å². The monoisotopic (exact) mass is 290 g/mol. The zero-order valence-corrected chi connectivity index (χ0v) is 13.1. The molecule has 2 aliphatic rings. The Labute approximate surface area is 126 Å². The molecule has 5 heteroatoms. The molecule has 0 saturated carbocycles. The van der Waals surface area contributed by atoms with E-state index < -0.39 is 0 Å². The van der Waals surface area contributed by atoms with Crippen LogP contribution in [0.2, 0.25) is 0 Å². The first-order valence-electron chi connectivity index (χ1n) is 8.04. The summed E-state index contributed by atoms with van der Waals surface area (Å²) in [5, 5.41) is 3.12. The van der Waals surface area contributed by atoms with Gasteiger partial charge >= 0.3 is 0 Å². The Morgan fingerprint density at radius 3 is 3.14 bits per heavy atom. The maximum Gasteiger partial charge on any atom is 0.224 e. The number of imidazole rings is 1. The standard InChI is InChI=1S/C16H26N4O/c1-16(2)5-8-19(12-16)9-6-18-15(21)13-3-4-14-17-7-10-20(14)11-13/h7,10,13H,3-6,8-9,11-12H2,1-2H3,(H,18,21). The van der Waals surface area contributed by atoms with E-state index in [0.717, 1.165) is 51.4 Å². The van der Waals surface area contributed by atoms with Crippen LogP contribution in [0.25, 0.3) is 0 Å². The Balaban J connectivity index is 1.41. The molecule has 3 heterocycles. The zero-order valence-electron chi connectivity index (χ0n) is 13.1. The van der Waals surface area contributed by atoms with Crippen LogP contribution in [0.3, 0.4) is 0 Å². The van der Waals surface area contributed by atoms with Gasteiger partial charge in [0.25, 0.3) is 0 Å². The Kier molecular flexibility index (Phi) is 4.02. The van der Waals surface area contributed by atoms with Crippen LogP contribution < -0.4 is 5.32 Å². The molecule has 1 unspecified atom stereocenters. The predicted octanol–water partition coefficient (Wildman–Crippen LogP) is 1.29. The second-order valence-corrected chi connectivity index (χ2v) is 7.21. The van der Waals surface area contributed by atoms with Gasteiger partial charge in [0.2, 0.25) is 5.91 Å². The fourth-order valence-corrected chi connectivity index (χ4v) is 3.48. The minimum absolute atomic E-state index is 0.0988. The minimum atomic E-state index is 0.0988. The molecule has 0 aliphatic carbocycles. The van der Waals surface area contributed by atoms with Crippen molar-refractivity contribution in [2.45, 2.75) is 39.7 Å². The topological polar surface area (TPSA) is 50.2 Å². The van der Waals surface area contributed by atoms with E-state index >= 15 is 0 Å². The molecule has 0 radical (unpaired) electrons. The SMILES string of the molecule is CC1(C)CCN(CCNC(=O)C2CCc3nccn3C2)C1. The van der Waals surface area contributed by atoms with Crippen LogP contribution in [-0.2, 0) is 17.8 Å². The molecule has 0 spiro atoms. The first-order chi connectivity index (χ1) is 10.0. The molecule has 1 aromatic heterocycles. The molecule has 2 aliphatic heterocycles. The third-order valence-electron chi connectivity index (χ3n) is 4.79. The van der Waals surface area contributed by atoms with E-state index in [2.05, 4.69) is 33.6 Å². The van der Waals surface area contributed by atoms with Crippen molar-refractivity contribution in [3.8, 4) is 0 Å². The molecule has 21 heavy (non-hydrogen) atoms. The second-order valence-electron chi connectivity index (χ2n) is 7.21. The fraction of sp³-hybridized carbons (Fsp3) is 0.750. The van der Waals surface area contributed by atoms with Crippen LogP contribution in [0.1, 0.15) is 32.5 Å². The lowest BCUT2D eigenvalue weighted by Gasteiger charge is -2.24. The molecule has 1 fully saturated rings. The first kappa shape index (κ1) is 14.6. The Bertz CT molecular complexity index is 508. The highest BCUT2D eigenvalue weighted by Gasteiger charge is 2.29. The molecule has 1 saturated heterocycles. The van der Waals surface area contributed by atoms with Crippen molar-refractivity contribution < 1.29 is 4.79 Å². The third-order valence-corrected chi connectivity index (χ3v) is 4.79. The first-order valence-corrected chi connectivity index (χ1v) is 8.04. The van der Waals surface area contributed by atoms with Crippen molar-refractivity contribution in [3.63, 3.8) is 0 Å². The number of carbonyl (C=O) groups excluding carboxylic acids is 1. The lowest BCUT2D eigenvalue weighted by atomic mass is 9.93. The van der Waals surface area contributed by atoms with Crippen molar-refractivity contribution in [3.05, 3.63) is 18.2 Å². The molecule has 0 aromatic carbocycles. The van der Waals surface area contributed by atoms with E-state index in [1.807, 2.05) is 12.4 Å². The van der Waals surface area contributed by atoms with E-state index in [1.165, 1.54) is 6.42 Å². The maximum absolute atomic E-state index is 12.3. The number of fused-ring (bicyclic) bond motifs is 1. The highest BCUT2D eigenvalue weighted by atomic mass is 16.1.